The summed E-state index contributed by atoms with van der Waals surface area (Å²) in [4.78, 5) is 20.5. The summed E-state index contributed by atoms with van der Waals surface area (Å²) in [7, 11) is 0. The molecule has 2 unspecified atom stereocenters. The predicted octanol–water partition coefficient (Wildman–Crippen LogP) is 2.92. The number of nitrogens with two attached hydrogens (primary N) is 1. The molecule has 1 aromatic carbocycles. The van der Waals surface area contributed by atoms with Crippen LogP contribution in [0.3, 0.4) is 0 Å². The normalized spacial score (nSPS) is 21.9. The van der Waals surface area contributed by atoms with Gasteiger partial charge in [0.25, 0.3) is 0 Å². The zero-order valence-corrected chi connectivity index (χ0v) is 15.4. The molecule has 5 nitrogen and oxygen atoms in total. The molecule has 3 N–H and O–H groups in total. The summed E-state index contributed by atoms with van der Waals surface area (Å²) in [6.45, 7) is 0. The van der Waals surface area contributed by atoms with Crippen LogP contribution in [0.15, 0.2) is 59.9 Å². The smallest absolute Gasteiger partial charge is 0.227 e. The van der Waals surface area contributed by atoms with Crippen LogP contribution < -0.4 is 11.1 Å². The Hall–Kier alpha value is -2.29. The van der Waals surface area contributed by atoms with E-state index < -0.39 is 23.2 Å². The van der Waals surface area contributed by atoms with Crippen molar-refractivity contribution in [1.82, 2.24) is 4.98 Å². The number of nitrogens with one attached hydrogen (secondary N) is 1. The average molecular weight is 450 g/mol. The van der Waals surface area contributed by atoms with Crippen LogP contribution in [0.5, 0.6) is 0 Å². The minimum atomic E-state index is -0.997. The van der Waals surface area contributed by atoms with Crippen molar-refractivity contribution in [3.05, 3.63) is 70.0 Å². The van der Waals surface area contributed by atoms with Gasteiger partial charge in [0.1, 0.15) is 5.82 Å². The Labute approximate surface area is 158 Å². The number of nitrogens with zero attached hydrogens (tertiary/aromatic N) is 2. The monoisotopic (exact) mass is 450 g/mol. The van der Waals surface area contributed by atoms with Gasteiger partial charge in [0, 0.05) is 34.3 Å². The fourth-order valence-corrected chi connectivity index (χ4v) is 3.32. The van der Waals surface area contributed by atoms with Crippen LogP contribution in [0.4, 0.5) is 10.1 Å². The molecule has 0 spiro atoms. The van der Waals surface area contributed by atoms with Gasteiger partial charge in [-0.1, -0.05) is 12.1 Å². The molecule has 128 valence electrons. The van der Waals surface area contributed by atoms with E-state index in [2.05, 4.69) is 15.3 Å². The van der Waals surface area contributed by atoms with E-state index >= 15 is 0 Å². The van der Waals surface area contributed by atoms with Crippen LogP contribution in [0.2, 0.25) is 0 Å². The van der Waals surface area contributed by atoms with Gasteiger partial charge in [0.2, 0.25) is 5.91 Å². The van der Waals surface area contributed by atoms with E-state index in [9.17, 15) is 9.18 Å². The third-order valence-electron chi connectivity index (χ3n) is 4.03. The standard InChI is InChI=1S/C18H16FIN4O/c19-15-9-12(20)4-5-16(15)24-18(10-13-3-1-2-7-23-13)11-22-8-6-14(18)17(21)25/h1-9,11,14,24H,10H2,(H2,21,25). The molecule has 0 radical (unpaired) electrons. The second kappa shape index (κ2) is 7.30. The number of hydrogen-bond donors (Lipinski definition) is 2. The van der Waals surface area contributed by atoms with Crippen molar-refractivity contribution in [2.45, 2.75) is 12.0 Å². The van der Waals surface area contributed by atoms with Crippen LogP contribution in [0.25, 0.3) is 0 Å². The Balaban J connectivity index is 2.03. The van der Waals surface area contributed by atoms with Crippen molar-refractivity contribution in [3.63, 3.8) is 0 Å². The van der Waals surface area contributed by atoms with Gasteiger partial charge in [0.15, 0.2) is 0 Å². The lowest BCUT2D eigenvalue weighted by molar-refractivity contribution is -0.121. The van der Waals surface area contributed by atoms with Crippen LogP contribution >= 0.6 is 22.6 Å². The number of halogens is 2. The highest BCUT2D eigenvalue weighted by molar-refractivity contribution is 14.1. The third kappa shape index (κ3) is 3.87. The number of aliphatic imine (C=N–C) groups is 1. The Morgan fingerprint density at radius 3 is 2.88 bits per heavy atom. The second-order valence-electron chi connectivity index (χ2n) is 5.79. The predicted molar refractivity (Wildman–Crippen MR) is 104 cm³/mol. The highest BCUT2D eigenvalue weighted by atomic mass is 127. The van der Waals surface area contributed by atoms with Gasteiger partial charge in [-0.15, -0.1) is 0 Å². The number of carbonyl (C=O) groups is 1. The minimum absolute atomic E-state index is 0.282. The lowest BCUT2D eigenvalue weighted by Crippen LogP contribution is -2.54. The lowest BCUT2D eigenvalue weighted by atomic mass is 9.78. The number of anilines is 1. The summed E-state index contributed by atoms with van der Waals surface area (Å²) in [5, 5.41) is 3.15. The van der Waals surface area contributed by atoms with E-state index in [-0.39, 0.29) is 5.69 Å². The molecule has 1 aromatic heterocycles. The Morgan fingerprint density at radius 1 is 1.36 bits per heavy atom. The number of amides is 1. The summed E-state index contributed by atoms with van der Waals surface area (Å²) in [5.41, 5.74) is 5.63. The maximum Gasteiger partial charge on any atom is 0.227 e. The van der Waals surface area contributed by atoms with E-state index in [4.69, 9.17) is 5.73 Å². The summed E-state index contributed by atoms with van der Waals surface area (Å²) < 4.78 is 15.2. The molecule has 0 fully saturated rings. The first-order chi connectivity index (χ1) is 12.0. The number of rotatable bonds is 5. The average Bonchev–Trinajstić information content (AvgIpc) is 2.58. The molecule has 1 amide bonds. The Morgan fingerprint density at radius 2 is 2.20 bits per heavy atom. The van der Waals surface area contributed by atoms with E-state index in [0.29, 0.717) is 6.42 Å². The molecule has 1 aliphatic rings. The van der Waals surface area contributed by atoms with Crippen molar-refractivity contribution in [2.75, 3.05) is 5.32 Å². The van der Waals surface area contributed by atoms with Gasteiger partial charge in [-0.2, -0.15) is 0 Å². The van der Waals surface area contributed by atoms with Crippen molar-refractivity contribution in [3.8, 4) is 0 Å². The zero-order valence-electron chi connectivity index (χ0n) is 13.2. The number of primary amides is 1. The van der Waals surface area contributed by atoms with Gasteiger partial charge in [-0.3, -0.25) is 14.8 Å². The highest BCUT2D eigenvalue weighted by Gasteiger charge is 2.42. The van der Waals surface area contributed by atoms with E-state index in [1.54, 1.807) is 30.6 Å². The first kappa shape index (κ1) is 17.5. The maximum atomic E-state index is 14.4. The Kier molecular flexibility index (Phi) is 5.12. The number of carbonyl (C=O) groups excluding carboxylic acids is 1. The SMILES string of the molecule is NC(=O)C1C=CN=CC1(Cc1ccccn1)Nc1ccc(I)cc1F. The fraction of sp³-hybridized carbons (Fsp3) is 0.167. The quantitative estimate of drug-likeness (QED) is 0.688. The molecule has 2 atom stereocenters. The van der Waals surface area contributed by atoms with E-state index in [1.165, 1.54) is 12.3 Å². The first-order valence-corrected chi connectivity index (χ1v) is 8.71. The van der Waals surface area contributed by atoms with Gasteiger partial charge in [-0.25, -0.2) is 4.39 Å². The molecular formula is C18H16FIN4O. The highest BCUT2D eigenvalue weighted by Crippen LogP contribution is 2.31. The molecule has 2 aromatic rings. The molecule has 0 saturated carbocycles. The van der Waals surface area contributed by atoms with Crippen molar-refractivity contribution >= 4 is 40.4 Å². The number of aromatic nitrogens is 1. The maximum absolute atomic E-state index is 14.4. The van der Waals surface area contributed by atoms with Gasteiger partial charge >= 0.3 is 0 Å². The molecule has 0 aliphatic carbocycles. The van der Waals surface area contributed by atoms with Crippen LogP contribution in [-0.2, 0) is 11.2 Å². The second-order valence-corrected chi connectivity index (χ2v) is 7.03. The summed E-state index contributed by atoms with van der Waals surface area (Å²) in [6.07, 6.45) is 6.76. The van der Waals surface area contributed by atoms with E-state index in [0.717, 1.165) is 9.26 Å². The van der Waals surface area contributed by atoms with Crippen molar-refractivity contribution < 1.29 is 9.18 Å². The molecule has 3 rings (SSSR count). The number of pyridine rings is 1. The summed E-state index contributed by atoms with van der Waals surface area (Å²) in [5.74, 6) is -1.61. The van der Waals surface area contributed by atoms with E-state index in [1.807, 2.05) is 40.8 Å². The summed E-state index contributed by atoms with van der Waals surface area (Å²) >= 11 is 2.04. The van der Waals surface area contributed by atoms with Gasteiger partial charge in [0.05, 0.1) is 17.1 Å². The molecule has 0 saturated heterocycles. The van der Waals surface area contributed by atoms with Crippen molar-refractivity contribution in [1.29, 1.82) is 0 Å². The molecule has 2 heterocycles. The lowest BCUT2D eigenvalue weighted by Gasteiger charge is -2.37. The minimum Gasteiger partial charge on any atom is -0.371 e. The largest absolute Gasteiger partial charge is 0.371 e. The van der Waals surface area contributed by atoms with Gasteiger partial charge < -0.3 is 11.1 Å². The number of benzene rings is 1. The molecule has 0 bridgehead atoms. The first-order valence-electron chi connectivity index (χ1n) is 7.64. The number of hydrogen-bond acceptors (Lipinski definition) is 4. The van der Waals surface area contributed by atoms with Gasteiger partial charge in [-0.05, 0) is 52.9 Å². The summed E-state index contributed by atoms with van der Waals surface area (Å²) in [6, 6.07) is 10.4. The molecular weight excluding hydrogens is 434 g/mol. The third-order valence-corrected chi connectivity index (χ3v) is 4.70. The van der Waals surface area contributed by atoms with Crippen molar-refractivity contribution in [2.24, 2.45) is 16.6 Å². The molecule has 7 heteroatoms. The van der Waals surface area contributed by atoms with Crippen LogP contribution in [0.1, 0.15) is 5.69 Å². The molecule has 25 heavy (non-hydrogen) atoms. The van der Waals surface area contributed by atoms with Crippen LogP contribution in [-0.4, -0.2) is 22.6 Å². The topological polar surface area (TPSA) is 80.4 Å². The fourth-order valence-electron chi connectivity index (χ4n) is 2.87. The molecule has 1 aliphatic heterocycles. The zero-order chi connectivity index (χ0) is 17.9. The Bertz CT molecular complexity index is 840. The van der Waals surface area contributed by atoms with Crippen LogP contribution in [0, 0.1) is 15.3 Å².